The minimum atomic E-state index is -3.51. The normalized spacial score (nSPS) is 14.5. The van der Waals surface area contributed by atoms with Crippen molar-refractivity contribution in [2.75, 3.05) is 12.0 Å². The Morgan fingerprint density at radius 1 is 1.06 bits per heavy atom. The zero-order valence-corrected chi connectivity index (χ0v) is 18.4. The molecule has 1 heterocycles. The molecule has 1 aliphatic rings. The Balaban J connectivity index is 1.87. The summed E-state index contributed by atoms with van der Waals surface area (Å²) in [6.45, 7) is -0.255. The lowest BCUT2D eigenvalue weighted by atomic mass is 10.1. The van der Waals surface area contributed by atoms with Crippen molar-refractivity contribution in [1.29, 1.82) is 0 Å². The van der Waals surface area contributed by atoms with Gasteiger partial charge >= 0.3 is 5.97 Å². The fraction of sp³-hybridized carbons (Fsp3) is 0.250. The van der Waals surface area contributed by atoms with E-state index >= 15 is 0 Å². The number of sulfone groups is 1. The first-order valence-corrected chi connectivity index (χ1v) is 11.8. The Labute approximate surface area is 187 Å². The number of nitrogens with zero attached hydrogens (tertiary/aromatic N) is 1. The second-order valence-corrected chi connectivity index (χ2v) is 10.0. The first-order chi connectivity index (χ1) is 14.5. The fourth-order valence-electron chi connectivity index (χ4n) is 3.04. The third-order valence-corrected chi connectivity index (χ3v) is 6.30. The van der Waals surface area contributed by atoms with Crippen LogP contribution in [0.2, 0.25) is 10.0 Å². The predicted octanol–water partition coefficient (Wildman–Crippen LogP) is 3.28. The van der Waals surface area contributed by atoms with E-state index in [-0.39, 0.29) is 34.2 Å². The molecule has 0 bridgehead atoms. The third-order valence-electron chi connectivity index (χ3n) is 4.60. The number of amides is 2. The molecule has 2 amide bonds. The SMILES string of the molecule is CS(=O)(=O)CC[C@@H](C(=O)OCc1ccc(F)cc1)N1C(=O)c2cc(Cl)c(Cl)cc2C1=O. The number of ether oxygens (including phenoxy) is 1. The number of hydrogen-bond donors (Lipinski definition) is 0. The molecule has 31 heavy (non-hydrogen) atoms. The molecular formula is C20H16Cl2FNO6S. The van der Waals surface area contributed by atoms with Gasteiger partial charge in [-0.15, -0.1) is 0 Å². The summed E-state index contributed by atoms with van der Waals surface area (Å²) in [7, 11) is -3.51. The standard InChI is InChI=1S/C20H16Cl2FNO6S/c1-31(28,29)7-6-17(20(27)30-10-11-2-4-12(23)5-3-11)24-18(25)13-8-15(21)16(22)9-14(13)19(24)26/h2-5,8-9,17H,6-7,10H2,1H3/t17-/m0/s1. The van der Waals surface area contributed by atoms with E-state index in [0.717, 1.165) is 6.26 Å². The lowest BCUT2D eigenvalue weighted by Gasteiger charge is -2.24. The number of esters is 1. The highest BCUT2D eigenvalue weighted by molar-refractivity contribution is 7.90. The van der Waals surface area contributed by atoms with Crippen LogP contribution < -0.4 is 0 Å². The summed E-state index contributed by atoms with van der Waals surface area (Å²) in [6, 6.07) is 6.12. The number of rotatable bonds is 7. The molecule has 164 valence electrons. The third kappa shape index (κ3) is 5.23. The molecule has 1 atom stereocenters. The summed E-state index contributed by atoms with van der Waals surface area (Å²) in [5, 5.41) is 0.102. The summed E-state index contributed by atoms with van der Waals surface area (Å²) < 4.78 is 41.5. The average molecular weight is 488 g/mol. The largest absolute Gasteiger partial charge is 0.459 e. The van der Waals surface area contributed by atoms with Crippen LogP contribution in [0.1, 0.15) is 32.7 Å². The Morgan fingerprint density at radius 3 is 2.06 bits per heavy atom. The summed E-state index contributed by atoms with van der Waals surface area (Å²) >= 11 is 11.9. The Kier molecular flexibility index (Phi) is 6.68. The average Bonchev–Trinajstić information content (AvgIpc) is 2.92. The van der Waals surface area contributed by atoms with Crippen molar-refractivity contribution < 1.29 is 31.9 Å². The summed E-state index contributed by atoms with van der Waals surface area (Å²) in [5.74, 6) is -3.52. The maximum absolute atomic E-state index is 13.0. The second-order valence-electron chi connectivity index (χ2n) is 6.96. The van der Waals surface area contributed by atoms with E-state index in [0.29, 0.717) is 10.5 Å². The van der Waals surface area contributed by atoms with Gasteiger partial charge in [0.15, 0.2) is 0 Å². The molecule has 0 spiro atoms. The van der Waals surface area contributed by atoms with Gasteiger partial charge in [-0.05, 0) is 36.2 Å². The van der Waals surface area contributed by atoms with Gasteiger partial charge in [-0.2, -0.15) is 0 Å². The minimum Gasteiger partial charge on any atom is -0.459 e. The maximum Gasteiger partial charge on any atom is 0.329 e. The van der Waals surface area contributed by atoms with Gasteiger partial charge in [0.25, 0.3) is 11.8 Å². The van der Waals surface area contributed by atoms with Crippen LogP contribution in [0.15, 0.2) is 36.4 Å². The molecule has 0 fully saturated rings. The Bertz CT molecular complexity index is 1130. The molecule has 7 nitrogen and oxygen atoms in total. The van der Waals surface area contributed by atoms with Crippen LogP contribution in [0, 0.1) is 5.82 Å². The van der Waals surface area contributed by atoms with Gasteiger partial charge in [-0.25, -0.2) is 17.6 Å². The van der Waals surface area contributed by atoms with Crippen molar-refractivity contribution in [2.45, 2.75) is 19.1 Å². The topological polar surface area (TPSA) is 97.8 Å². The van der Waals surface area contributed by atoms with Gasteiger partial charge in [-0.1, -0.05) is 35.3 Å². The van der Waals surface area contributed by atoms with Gasteiger partial charge in [0.2, 0.25) is 0 Å². The zero-order chi connectivity index (χ0) is 22.9. The molecule has 0 aromatic heterocycles. The van der Waals surface area contributed by atoms with E-state index in [1.54, 1.807) is 0 Å². The quantitative estimate of drug-likeness (QED) is 0.439. The molecule has 0 N–H and O–H groups in total. The molecule has 0 saturated carbocycles. The maximum atomic E-state index is 13.0. The van der Waals surface area contributed by atoms with E-state index in [1.807, 2.05) is 0 Å². The summed E-state index contributed by atoms with van der Waals surface area (Å²) in [4.78, 5) is 39.2. The smallest absolute Gasteiger partial charge is 0.329 e. The zero-order valence-electron chi connectivity index (χ0n) is 16.1. The number of imide groups is 1. The highest BCUT2D eigenvalue weighted by Gasteiger charge is 2.44. The molecule has 11 heteroatoms. The molecule has 0 radical (unpaired) electrons. The molecular weight excluding hydrogens is 472 g/mol. The molecule has 0 unspecified atom stereocenters. The van der Waals surface area contributed by atoms with Crippen molar-refractivity contribution in [1.82, 2.24) is 4.90 Å². The first kappa shape index (κ1) is 23.2. The lowest BCUT2D eigenvalue weighted by Crippen LogP contribution is -2.46. The molecule has 2 aromatic rings. The van der Waals surface area contributed by atoms with E-state index < -0.39 is 45.2 Å². The molecule has 2 aromatic carbocycles. The van der Waals surface area contributed by atoms with E-state index in [2.05, 4.69) is 0 Å². The predicted molar refractivity (Wildman–Crippen MR) is 111 cm³/mol. The van der Waals surface area contributed by atoms with Crippen molar-refractivity contribution in [2.24, 2.45) is 0 Å². The monoisotopic (exact) mass is 487 g/mol. The molecule has 1 aliphatic heterocycles. The highest BCUT2D eigenvalue weighted by Crippen LogP contribution is 2.33. The summed E-state index contributed by atoms with van der Waals surface area (Å²) in [6.07, 6.45) is 0.615. The van der Waals surface area contributed by atoms with Gasteiger partial charge in [-0.3, -0.25) is 14.5 Å². The summed E-state index contributed by atoms with van der Waals surface area (Å²) in [5.41, 5.74) is 0.378. The molecule has 0 aliphatic carbocycles. The van der Waals surface area contributed by atoms with Crippen LogP contribution >= 0.6 is 23.2 Å². The van der Waals surface area contributed by atoms with E-state index in [9.17, 15) is 27.2 Å². The van der Waals surface area contributed by atoms with Crippen LogP contribution in [-0.4, -0.2) is 49.2 Å². The molecule has 0 saturated heterocycles. The fourth-order valence-corrected chi connectivity index (χ4v) is 4.02. The Morgan fingerprint density at radius 2 is 1.58 bits per heavy atom. The number of halogens is 3. The van der Waals surface area contributed by atoms with Gasteiger partial charge in [0, 0.05) is 6.26 Å². The highest BCUT2D eigenvalue weighted by atomic mass is 35.5. The number of carbonyl (C=O) groups is 3. The number of carbonyl (C=O) groups excluding carboxylic acids is 3. The van der Waals surface area contributed by atoms with Crippen molar-refractivity contribution in [3.8, 4) is 0 Å². The molecule has 3 rings (SSSR count). The van der Waals surface area contributed by atoms with Crippen LogP contribution in [0.3, 0.4) is 0 Å². The van der Waals surface area contributed by atoms with Crippen molar-refractivity contribution in [3.63, 3.8) is 0 Å². The van der Waals surface area contributed by atoms with Gasteiger partial charge in [0.05, 0.1) is 26.9 Å². The lowest BCUT2D eigenvalue weighted by molar-refractivity contribution is -0.149. The number of benzene rings is 2. The van der Waals surface area contributed by atoms with Crippen LogP contribution in [0.5, 0.6) is 0 Å². The van der Waals surface area contributed by atoms with E-state index in [1.165, 1.54) is 36.4 Å². The minimum absolute atomic E-state index is 0.0462. The van der Waals surface area contributed by atoms with Crippen molar-refractivity contribution in [3.05, 3.63) is 69.0 Å². The number of hydrogen-bond acceptors (Lipinski definition) is 6. The second kappa shape index (κ2) is 8.94. The first-order valence-electron chi connectivity index (χ1n) is 8.93. The Hall–Kier alpha value is -2.49. The van der Waals surface area contributed by atoms with Gasteiger partial charge < -0.3 is 4.74 Å². The van der Waals surface area contributed by atoms with Crippen LogP contribution in [0.25, 0.3) is 0 Å². The number of fused-ring (bicyclic) bond motifs is 1. The van der Waals surface area contributed by atoms with Gasteiger partial charge in [0.1, 0.15) is 28.3 Å². The van der Waals surface area contributed by atoms with Crippen molar-refractivity contribution >= 4 is 50.8 Å². The van der Waals surface area contributed by atoms with Crippen LogP contribution in [-0.2, 0) is 26.0 Å². The van der Waals surface area contributed by atoms with E-state index in [4.69, 9.17) is 27.9 Å². The van der Waals surface area contributed by atoms with Crippen LogP contribution in [0.4, 0.5) is 4.39 Å².